The summed E-state index contributed by atoms with van der Waals surface area (Å²) in [6.07, 6.45) is -0.277. The van der Waals surface area contributed by atoms with Crippen molar-refractivity contribution < 1.29 is 19.0 Å². The van der Waals surface area contributed by atoms with Gasteiger partial charge >= 0.3 is 5.97 Å². The van der Waals surface area contributed by atoms with E-state index >= 15 is 0 Å². The summed E-state index contributed by atoms with van der Waals surface area (Å²) in [7, 11) is 0. The molecule has 0 saturated carbocycles. The van der Waals surface area contributed by atoms with Gasteiger partial charge in [-0.25, -0.2) is 4.39 Å². The zero-order valence-corrected chi connectivity index (χ0v) is 7.41. The number of carboxylic acid groups (broad SMARTS) is 1. The van der Waals surface area contributed by atoms with Gasteiger partial charge in [-0.1, -0.05) is 0 Å². The molecule has 1 fully saturated rings. The lowest BCUT2D eigenvalue weighted by atomic mass is 10.2. The Kier molecular flexibility index (Phi) is 4.11. The van der Waals surface area contributed by atoms with E-state index in [-0.39, 0.29) is 19.2 Å². The fourth-order valence-electron chi connectivity index (χ4n) is 1.42. The number of ether oxygens (including phenoxy) is 1. The Balaban J connectivity index is 2.28. The van der Waals surface area contributed by atoms with Gasteiger partial charge < -0.3 is 9.84 Å². The van der Waals surface area contributed by atoms with Gasteiger partial charge in [0.15, 0.2) is 0 Å². The summed E-state index contributed by atoms with van der Waals surface area (Å²) >= 11 is 0. The second-order valence-electron chi connectivity index (χ2n) is 3.08. The van der Waals surface area contributed by atoms with E-state index in [1.165, 1.54) is 0 Å². The molecule has 0 aliphatic carbocycles. The average molecular weight is 191 g/mol. The molecule has 1 heterocycles. The second-order valence-corrected chi connectivity index (χ2v) is 3.08. The van der Waals surface area contributed by atoms with Gasteiger partial charge in [0.1, 0.15) is 6.67 Å². The summed E-state index contributed by atoms with van der Waals surface area (Å²) in [6.45, 7) is 1.70. The number of hydrogen-bond donors (Lipinski definition) is 1. The van der Waals surface area contributed by atoms with Crippen LogP contribution in [0.25, 0.3) is 0 Å². The van der Waals surface area contributed by atoms with Crippen molar-refractivity contribution in [3.8, 4) is 0 Å². The maximum Gasteiger partial charge on any atom is 0.306 e. The largest absolute Gasteiger partial charge is 0.481 e. The third-order valence-electron chi connectivity index (χ3n) is 2.03. The molecule has 1 aliphatic rings. The zero-order valence-electron chi connectivity index (χ0n) is 7.41. The lowest BCUT2D eigenvalue weighted by molar-refractivity contribution is -0.142. The minimum atomic E-state index is -0.868. The van der Waals surface area contributed by atoms with Crippen LogP contribution >= 0.6 is 0 Å². The molecule has 1 saturated heterocycles. The molecule has 0 radical (unpaired) electrons. The van der Waals surface area contributed by atoms with Crippen LogP contribution in [0.15, 0.2) is 0 Å². The van der Waals surface area contributed by atoms with Crippen molar-refractivity contribution in [3.63, 3.8) is 0 Å². The van der Waals surface area contributed by atoms with Gasteiger partial charge in [-0.2, -0.15) is 0 Å². The predicted molar refractivity (Wildman–Crippen MR) is 44.4 cm³/mol. The van der Waals surface area contributed by atoms with Crippen LogP contribution in [0.3, 0.4) is 0 Å². The van der Waals surface area contributed by atoms with E-state index < -0.39 is 5.97 Å². The molecule has 1 unspecified atom stereocenters. The van der Waals surface area contributed by atoms with E-state index in [2.05, 4.69) is 0 Å². The second kappa shape index (κ2) is 5.14. The van der Waals surface area contributed by atoms with Crippen LogP contribution in [0.5, 0.6) is 0 Å². The molecule has 1 aliphatic heterocycles. The van der Waals surface area contributed by atoms with Gasteiger partial charge in [-0.05, 0) is 0 Å². The van der Waals surface area contributed by atoms with Crippen LogP contribution in [-0.2, 0) is 9.53 Å². The highest BCUT2D eigenvalue weighted by atomic mass is 19.1. The maximum absolute atomic E-state index is 12.0. The smallest absolute Gasteiger partial charge is 0.306 e. The van der Waals surface area contributed by atoms with Gasteiger partial charge in [0.2, 0.25) is 0 Å². The van der Waals surface area contributed by atoms with Gasteiger partial charge in [0, 0.05) is 19.6 Å². The summed E-state index contributed by atoms with van der Waals surface area (Å²) in [6, 6.07) is 0. The zero-order chi connectivity index (χ0) is 9.68. The van der Waals surface area contributed by atoms with E-state index in [0.717, 1.165) is 0 Å². The topological polar surface area (TPSA) is 49.8 Å². The summed E-state index contributed by atoms with van der Waals surface area (Å²) in [4.78, 5) is 12.2. The molecule has 0 amide bonds. The summed E-state index contributed by atoms with van der Waals surface area (Å²) < 4.78 is 17.2. The first kappa shape index (κ1) is 10.4. The number of nitrogens with zero attached hydrogens (tertiary/aromatic N) is 1. The third kappa shape index (κ3) is 3.69. The van der Waals surface area contributed by atoms with E-state index in [4.69, 9.17) is 9.84 Å². The molecule has 0 aromatic heterocycles. The van der Waals surface area contributed by atoms with Crippen molar-refractivity contribution in [2.75, 3.05) is 32.9 Å². The van der Waals surface area contributed by atoms with Gasteiger partial charge in [-0.15, -0.1) is 0 Å². The number of carboxylic acids is 1. The van der Waals surface area contributed by atoms with Crippen LogP contribution < -0.4 is 0 Å². The molecule has 5 heteroatoms. The number of morpholine rings is 1. The van der Waals surface area contributed by atoms with E-state index in [1.54, 1.807) is 0 Å². The number of carbonyl (C=O) groups is 1. The number of halogens is 1. The SMILES string of the molecule is O=C(O)CC1CN(CCF)CCO1. The van der Waals surface area contributed by atoms with Crippen molar-refractivity contribution in [1.82, 2.24) is 4.90 Å². The molecule has 1 N–H and O–H groups in total. The van der Waals surface area contributed by atoms with Crippen molar-refractivity contribution in [3.05, 3.63) is 0 Å². The monoisotopic (exact) mass is 191 g/mol. The summed E-state index contributed by atoms with van der Waals surface area (Å²) in [5, 5.41) is 8.51. The minimum absolute atomic E-state index is 0.00276. The minimum Gasteiger partial charge on any atom is -0.481 e. The number of hydrogen-bond acceptors (Lipinski definition) is 3. The standard InChI is InChI=1S/C8H14FNO3/c9-1-2-10-3-4-13-7(6-10)5-8(11)12/h7H,1-6H2,(H,11,12). The molecule has 0 spiro atoms. The van der Waals surface area contributed by atoms with Gasteiger partial charge in [0.25, 0.3) is 0 Å². The van der Waals surface area contributed by atoms with Crippen LogP contribution in [0.2, 0.25) is 0 Å². The van der Waals surface area contributed by atoms with Gasteiger partial charge in [0.05, 0.1) is 19.1 Å². The average Bonchev–Trinajstić information content (AvgIpc) is 2.04. The first-order chi connectivity index (χ1) is 6.22. The fourth-order valence-corrected chi connectivity index (χ4v) is 1.42. The fraction of sp³-hybridized carbons (Fsp3) is 0.875. The first-order valence-electron chi connectivity index (χ1n) is 4.34. The molecule has 1 atom stereocenters. The third-order valence-corrected chi connectivity index (χ3v) is 2.03. The molecule has 13 heavy (non-hydrogen) atoms. The Morgan fingerprint density at radius 2 is 2.46 bits per heavy atom. The summed E-state index contributed by atoms with van der Waals surface area (Å²) in [5.74, 6) is -0.868. The Hall–Kier alpha value is -0.680. The Morgan fingerprint density at radius 3 is 3.08 bits per heavy atom. The Morgan fingerprint density at radius 1 is 1.69 bits per heavy atom. The van der Waals surface area contributed by atoms with Crippen LogP contribution in [-0.4, -0.2) is 55.0 Å². The molecule has 1 rings (SSSR count). The van der Waals surface area contributed by atoms with Gasteiger partial charge in [-0.3, -0.25) is 9.69 Å². The highest BCUT2D eigenvalue weighted by molar-refractivity contribution is 5.67. The van der Waals surface area contributed by atoms with Crippen molar-refractivity contribution >= 4 is 5.97 Å². The predicted octanol–water partition coefficient (Wildman–Crippen LogP) is 0.131. The van der Waals surface area contributed by atoms with E-state index in [9.17, 15) is 9.18 Å². The lowest BCUT2D eigenvalue weighted by Crippen LogP contribution is -2.44. The maximum atomic E-state index is 12.0. The first-order valence-corrected chi connectivity index (χ1v) is 4.34. The van der Waals surface area contributed by atoms with Crippen molar-refractivity contribution in [1.29, 1.82) is 0 Å². The molecular formula is C8H14FNO3. The van der Waals surface area contributed by atoms with Crippen LogP contribution in [0, 0.1) is 0 Å². The van der Waals surface area contributed by atoms with Crippen LogP contribution in [0.1, 0.15) is 6.42 Å². The number of rotatable bonds is 4. The normalized spacial score (nSPS) is 24.5. The number of alkyl halides is 1. The van der Waals surface area contributed by atoms with E-state index in [0.29, 0.717) is 26.2 Å². The molecule has 76 valence electrons. The molecular weight excluding hydrogens is 177 g/mol. The Labute approximate surface area is 76.3 Å². The Bertz CT molecular complexity index is 175. The molecule has 4 nitrogen and oxygen atoms in total. The van der Waals surface area contributed by atoms with Crippen LogP contribution in [0.4, 0.5) is 4.39 Å². The number of aliphatic carboxylic acids is 1. The van der Waals surface area contributed by atoms with Crippen molar-refractivity contribution in [2.24, 2.45) is 0 Å². The molecule has 0 aromatic rings. The highest BCUT2D eigenvalue weighted by Gasteiger charge is 2.21. The lowest BCUT2D eigenvalue weighted by Gasteiger charge is -2.31. The quantitative estimate of drug-likeness (QED) is 0.686. The molecule has 0 bridgehead atoms. The van der Waals surface area contributed by atoms with E-state index in [1.807, 2.05) is 4.90 Å². The highest BCUT2D eigenvalue weighted by Crippen LogP contribution is 2.08. The van der Waals surface area contributed by atoms with Crippen molar-refractivity contribution in [2.45, 2.75) is 12.5 Å². The summed E-state index contributed by atoms with van der Waals surface area (Å²) in [5.41, 5.74) is 0. The molecule has 0 aromatic carbocycles.